The number of hydrogen-bond donors (Lipinski definition) is 0. The molecule has 1 aromatic carbocycles. The van der Waals surface area contributed by atoms with Gasteiger partial charge in [-0.1, -0.05) is 25.5 Å². The van der Waals surface area contributed by atoms with Crippen LogP contribution in [0.2, 0.25) is 0 Å². The van der Waals surface area contributed by atoms with Crippen molar-refractivity contribution in [2.24, 2.45) is 0 Å². The Hall–Kier alpha value is -1.65. The first-order valence-corrected chi connectivity index (χ1v) is 6.80. The van der Waals surface area contributed by atoms with Crippen LogP contribution in [0.15, 0.2) is 24.3 Å². The van der Waals surface area contributed by atoms with E-state index in [1.807, 2.05) is 0 Å². The predicted molar refractivity (Wildman–Crippen MR) is 73.9 cm³/mol. The molecule has 0 heterocycles. The van der Waals surface area contributed by atoms with E-state index < -0.39 is 6.61 Å². The highest BCUT2D eigenvalue weighted by molar-refractivity contribution is 5.76. The monoisotopic (exact) mass is 285 g/mol. The van der Waals surface area contributed by atoms with Gasteiger partial charge < -0.3 is 9.64 Å². The van der Waals surface area contributed by atoms with Gasteiger partial charge in [-0.25, -0.2) is 0 Å². The molecule has 0 aromatic heterocycles. The summed E-state index contributed by atoms with van der Waals surface area (Å²) in [4.78, 5) is 13.6. The highest BCUT2D eigenvalue weighted by Gasteiger charge is 2.08. The fraction of sp³-hybridized carbons (Fsp3) is 0.533. The molecule has 0 aliphatic heterocycles. The number of nitrogens with zero attached hydrogens (tertiary/aromatic N) is 1. The Balaban J connectivity index is 2.39. The summed E-state index contributed by atoms with van der Waals surface area (Å²) in [5.74, 6) is 0.237. The molecule has 0 bridgehead atoms. The van der Waals surface area contributed by atoms with Crippen LogP contribution in [0.3, 0.4) is 0 Å². The molecule has 3 nitrogen and oxygen atoms in total. The van der Waals surface area contributed by atoms with E-state index in [1.165, 1.54) is 12.1 Å². The maximum absolute atomic E-state index is 12.0. The van der Waals surface area contributed by atoms with Crippen LogP contribution in [0.1, 0.15) is 31.7 Å². The van der Waals surface area contributed by atoms with Crippen LogP contribution in [0.4, 0.5) is 8.78 Å². The first kappa shape index (κ1) is 16.4. The molecule has 20 heavy (non-hydrogen) atoms. The average molecular weight is 285 g/mol. The van der Waals surface area contributed by atoms with Crippen LogP contribution in [-0.4, -0.2) is 31.0 Å². The summed E-state index contributed by atoms with van der Waals surface area (Å²) in [7, 11) is 1.80. The summed E-state index contributed by atoms with van der Waals surface area (Å²) >= 11 is 0. The third-order valence-electron chi connectivity index (χ3n) is 3.05. The second-order valence-electron chi connectivity index (χ2n) is 4.69. The SMILES string of the molecule is CCCCN(C)C(=O)CCc1ccc(OC(F)F)cc1. The molecule has 0 aliphatic rings. The predicted octanol–water partition coefficient (Wildman–Crippen LogP) is 3.48. The van der Waals surface area contributed by atoms with E-state index in [2.05, 4.69) is 11.7 Å². The van der Waals surface area contributed by atoms with Gasteiger partial charge >= 0.3 is 6.61 Å². The zero-order valence-corrected chi connectivity index (χ0v) is 11.9. The fourth-order valence-corrected chi connectivity index (χ4v) is 1.80. The molecule has 0 radical (unpaired) electrons. The van der Waals surface area contributed by atoms with Gasteiger partial charge in [0.15, 0.2) is 0 Å². The quantitative estimate of drug-likeness (QED) is 0.732. The number of amides is 1. The lowest BCUT2D eigenvalue weighted by molar-refractivity contribution is -0.129. The van der Waals surface area contributed by atoms with Crippen molar-refractivity contribution in [3.8, 4) is 5.75 Å². The molecule has 112 valence electrons. The van der Waals surface area contributed by atoms with Gasteiger partial charge in [0, 0.05) is 20.0 Å². The lowest BCUT2D eigenvalue weighted by Crippen LogP contribution is -2.27. The number of rotatable bonds is 8. The fourth-order valence-electron chi connectivity index (χ4n) is 1.80. The van der Waals surface area contributed by atoms with E-state index in [-0.39, 0.29) is 11.7 Å². The van der Waals surface area contributed by atoms with Gasteiger partial charge in [-0.15, -0.1) is 0 Å². The van der Waals surface area contributed by atoms with Crippen LogP contribution >= 0.6 is 0 Å². The first-order chi connectivity index (χ1) is 9.52. The van der Waals surface area contributed by atoms with Gasteiger partial charge in [-0.05, 0) is 30.5 Å². The molecular weight excluding hydrogens is 264 g/mol. The molecule has 0 spiro atoms. The van der Waals surface area contributed by atoms with E-state index in [0.717, 1.165) is 24.9 Å². The van der Waals surface area contributed by atoms with E-state index in [1.54, 1.807) is 24.1 Å². The molecule has 5 heteroatoms. The molecule has 0 N–H and O–H groups in total. The van der Waals surface area contributed by atoms with Gasteiger partial charge in [0.1, 0.15) is 5.75 Å². The Morgan fingerprint density at radius 2 is 1.95 bits per heavy atom. The van der Waals surface area contributed by atoms with Crippen molar-refractivity contribution in [3.05, 3.63) is 29.8 Å². The second-order valence-corrected chi connectivity index (χ2v) is 4.69. The summed E-state index contributed by atoms with van der Waals surface area (Å²) in [5.41, 5.74) is 0.934. The summed E-state index contributed by atoms with van der Waals surface area (Å²) in [6, 6.07) is 6.40. The van der Waals surface area contributed by atoms with Crippen LogP contribution in [0, 0.1) is 0 Å². The molecule has 0 atom stereocenters. The largest absolute Gasteiger partial charge is 0.435 e. The Kier molecular flexibility index (Phi) is 6.98. The average Bonchev–Trinajstić information content (AvgIpc) is 2.43. The topological polar surface area (TPSA) is 29.5 Å². The van der Waals surface area contributed by atoms with Gasteiger partial charge in [0.25, 0.3) is 0 Å². The second kappa shape index (κ2) is 8.51. The Morgan fingerprint density at radius 1 is 1.30 bits per heavy atom. The van der Waals surface area contributed by atoms with Crippen molar-refractivity contribution in [2.45, 2.75) is 39.2 Å². The number of hydrogen-bond acceptors (Lipinski definition) is 2. The minimum absolute atomic E-state index is 0.103. The number of ether oxygens (including phenoxy) is 1. The van der Waals surface area contributed by atoms with Crippen molar-refractivity contribution in [1.29, 1.82) is 0 Å². The van der Waals surface area contributed by atoms with Crippen molar-refractivity contribution < 1.29 is 18.3 Å². The van der Waals surface area contributed by atoms with Crippen LogP contribution in [-0.2, 0) is 11.2 Å². The number of carbonyl (C=O) groups is 1. The Labute approximate surface area is 118 Å². The highest BCUT2D eigenvalue weighted by Crippen LogP contribution is 2.16. The maximum Gasteiger partial charge on any atom is 0.387 e. The molecular formula is C15H21F2NO2. The smallest absolute Gasteiger partial charge is 0.387 e. The number of aryl methyl sites for hydroxylation is 1. The zero-order chi connectivity index (χ0) is 15.0. The van der Waals surface area contributed by atoms with Crippen molar-refractivity contribution in [1.82, 2.24) is 4.90 Å². The Morgan fingerprint density at radius 3 is 2.50 bits per heavy atom. The molecule has 1 rings (SSSR count). The highest BCUT2D eigenvalue weighted by atomic mass is 19.3. The normalized spacial score (nSPS) is 10.7. The van der Waals surface area contributed by atoms with Crippen molar-refractivity contribution in [3.63, 3.8) is 0 Å². The van der Waals surface area contributed by atoms with Gasteiger partial charge in [-0.3, -0.25) is 4.79 Å². The number of unbranched alkanes of at least 4 members (excludes halogenated alkanes) is 1. The lowest BCUT2D eigenvalue weighted by atomic mass is 10.1. The van der Waals surface area contributed by atoms with Gasteiger partial charge in [-0.2, -0.15) is 8.78 Å². The molecule has 1 amide bonds. The number of halogens is 2. The van der Waals surface area contributed by atoms with Crippen LogP contribution < -0.4 is 4.74 Å². The molecule has 0 saturated carbocycles. The number of carbonyl (C=O) groups excluding carboxylic acids is 1. The zero-order valence-electron chi connectivity index (χ0n) is 11.9. The first-order valence-electron chi connectivity index (χ1n) is 6.80. The summed E-state index contributed by atoms with van der Waals surface area (Å²) < 4.78 is 28.3. The molecule has 0 aliphatic carbocycles. The van der Waals surface area contributed by atoms with E-state index in [4.69, 9.17) is 0 Å². The molecule has 1 aromatic rings. The minimum Gasteiger partial charge on any atom is -0.435 e. The van der Waals surface area contributed by atoms with Gasteiger partial charge in [0.2, 0.25) is 5.91 Å². The van der Waals surface area contributed by atoms with Crippen LogP contribution in [0.25, 0.3) is 0 Å². The summed E-state index contributed by atoms with van der Waals surface area (Å²) in [5, 5.41) is 0. The third-order valence-corrected chi connectivity index (χ3v) is 3.05. The minimum atomic E-state index is -2.81. The van der Waals surface area contributed by atoms with Crippen LogP contribution in [0.5, 0.6) is 5.75 Å². The standard InChI is InChI=1S/C15H21F2NO2/c1-3-4-11-18(2)14(19)10-7-12-5-8-13(9-6-12)20-15(16)17/h5-6,8-9,15H,3-4,7,10-11H2,1-2H3. The Bertz CT molecular complexity index is 407. The number of alkyl halides is 2. The maximum atomic E-state index is 12.0. The molecule has 0 unspecified atom stereocenters. The van der Waals surface area contributed by atoms with E-state index in [0.29, 0.717) is 12.8 Å². The third kappa shape index (κ3) is 5.99. The van der Waals surface area contributed by atoms with Gasteiger partial charge in [0.05, 0.1) is 0 Å². The molecule has 0 fully saturated rings. The summed E-state index contributed by atoms with van der Waals surface area (Å²) in [6.07, 6.45) is 3.09. The van der Waals surface area contributed by atoms with Crippen molar-refractivity contribution >= 4 is 5.91 Å². The molecule has 0 saturated heterocycles. The summed E-state index contributed by atoms with van der Waals surface area (Å²) in [6.45, 7) is 0.0485. The van der Waals surface area contributed by atoms with E-state index >= 15 is 0 Å². The van der Waals surface area contributed by atoms with E-state index in [9.17, 15) is 13.6 Å². The lowest BCUT2D eigenvalue weighted by Gasteiger charge is -2.16. The van der Waals surface area contributed by atoms with Crippen molar-refractivity contribution in [2.75, 3.05) is 13.6 Å². The number of benzene rings is 1.